The maximum Gasteiger partial charge on any atom is 0.302 e. The molecule has 0 amide bonds. The molecule has 7 atom stereocenters. The van der Waals surface area contributed by atoms with E-state index in [-0.39, 0.29) is 23.4 Å². The highest BCUT2D eigenvalue weighted by molar-refractivity contribution is 5.96. The molecule has 0 aliphatic heterocycles. The Balaban J connectivity index is 1.64. The molecule has 0 radical (unpaired) electrons. The highest BCUT2D eigenvalue weighted by Gasteiger charge is 2.61. The average molecular weight is 370 g/mol. The van der Waals surface area contributed by atoms with Crippen molar-refractivity contribution in [1.82, 2.24) is 0 Å². The Hall–Kier alpha value is -1.76. The fourth-order valence-corrected chi connectivity index (χ4v) is 7.29. The number of fused-ring (bicyclic) bond motifs is 5. The van der Waals surface area contributed by atoms with Crippen molar-refractivity contribution in [3.63, 3.8) is 0 Å². The SMILES string of the molecule is C#CC(C)[C@]12CC[C@H]3[C@@H](CCC4=C/C(=N\O)CC[C@@H]43)[C@@H]1CC[C@H]2OC(C)=O. The van der Waals surface area contributed by atoms with Crippen LogP contribution in [0.4, 0.5) is 0 Å². The molecular formula is C23H31NO3. The third-order valence-corrected chi connectivity index (χ3v) is 8.32. The van der Waals surface area contributed by atoms with E-state index in [4.69, 9.17) is 16.4 Å². The van der Waals surface area contributed by atoms with E-state index < -0.39 is 0 Å². The maximum atomic E-state index is 11.7. The first-order valence-electron chi connectivity index (χ1n) is 10.6. The first kappa shape index (κ1) is 18.6. The zero-order chi connectivity index (χ0) is 19.2. The molecule has 1 unspecified atom stereocenters. The first-order valence-corrected chi connectivity index (χ1v) is 10.6. The van der Waals surface area contributed by atoms with E-state index in [0.717, 1.165) is 44.2 Å². The Bertz CT molecular complexity index is 718. The number of carbonyl (C=O) groups is 1. The molecule has 4 heteroatoms. The number of oxime groups is 1. The lowest BCUT2D eigenvalue weighted by atomic mass is 9.49. The van der Waals surface area contributed by atoms with Gasteiger partial charge in [0.25, 0.3) is 0 Å². The molecule has 146 valence electrons. The quantitative estimate of drug-likeness (QED) is 0.336. The maximum absolute atomic E-state index is 11.7. The van der Waals surface area contributed by atoms with Gasteiger partial charge < -0.3 is 9.94 Å². The van der Waals surface area contributed by atoms with Gasteiger partial charge in [-0.05, 0) is 81.1 Å². The van der Waals surface area contributed by atoms with Crippen LogP contribution in [0.5, 0.6) is 0 Å². The minimum Gasteiger partial charge on any atom is -0.462 e. The fraction of sp³-hybridized carbons (Fsp3) is 0.739. The van der Waals surface area contributed by atoms with Crippen molar-refractivity contribution in [2.75, 3.05) is 0 Å². The Morgan fingerprint density at radius 2 is 2.11 bits per heavy atom. The molecule has 0 aromatic rings. The van der Waals surface area contributed by atoms with Gasteiger partial charge >= 0.3 is 5.97 Å². The number of hydrogen-bond donors (Lipinski definition) is 1. The van der Waals surface area contributed by atoms with Crippen LogP contribution in [-0.4, -0.2) is 23.0 Å². The second-order valence-corrected chi connectivity index (χ2v) is 9.14. The van der Waals surface area contributed by atoms with Crippen molar-refractivity contribution in [3.8, 4) is 12.3 Å². The molecule has 0 aromatic carbocycles. The van der Waals surface area contributed by atoms with Crippen molar-refractivity contribution in [3.05, 3.63) is 11.6 Å². The van der Waals surface area contributed by atoms with Gasteiger partial charge in [-0.1, -0.05) is 17.7 Å². The third kappa shape index (κ3) is 2.82. The molecule has 0 aromatic heterocycles. The van der Waals surface area contributed by atoms with Crippen LogP contribution >= 0.6 is 0 Å². The Morgan fingerprint density at radius 3 is 2.81 bits per heavy atom. The number of allylic oxidation sites excluding steroid dienone is 2. The van der Waals surface area contributed by atoms with Gasteiger partial charge in [-0.3, -0.25) is 4.79 Å². The van der Waals surface area contributed by atoms with Gasteiger partial charge in [0.05, 0.1) is 5.71 Å². The van der Waals surface area contributed by atoms with Crippen LogP contribution in [0.25, 0.3) is 0 Å². The second-order valence-electron chi connectivity index (χ2n) is 9.14. The Kier molecular flexibility index (Phi) is 4.82. The summed E-state index contributed by atoms with van der Waals surface area (Å²) in [6.45, 7) is 3.68. The number of terminal acetylenes is 1. The minimum atomic E-state index is -0.177. The standard InChI is InChI=1S/C23H31NO3/c1-4-14(2)23-12-11-19-18-8-6-17(24-26)13-16(18)5-7-20(19)21(23)9-10-22(23)27-15(3)25/h1,13-14,18-22,26H,5-12H2,2-3H3/b24-17-/t14?,18-,19+,20+,21-,22+,23+/m0/s1. The van der Waals surface area contributed by atoms with Gasteiger partial charge in [-0.25, -0.2) is 0 Å². The van der Waals surface area contributed by atoms with E-state index in [2.05, 4.69) is 24.1 Å². The summed E-state index contributed by atoms with van der Waals surface area (Å²) in [7, 11) is 0. The lowest BCUT2D eigenvalue weighted by Gasteiger charge is -2.56. The van der Waals surface area contributed by atoms with E-state index >= 15 is 0 Å². The molecule has 0 bridgehead atoms. The summed E-state index contributed by atoms with van der Waals surface area (Å²) in [5, 5.41) is 12.6. The molecule has 4 aliphatic rings. The molecule has 4 aliphatic carbocycles. The van der Waals surface area contributed by atoms with Crippen LogP contribution < -0.4 is 0 Å². The molecule has 27 heavy (non-hydrogen) atoms. The van der Waals surface area contributed by atoms with Crippen LogP contribution in [0, 0.1) is 47.3 Å². The monoisotopic (exact) mass is 369 g/mol. The zero-order valence-electron chi connectivity index (χ0n) is 16.5. The molecule has 3 saturated carbocycles. The largest absolute Gasteiger partial charge is 0.462 e. The third-order valence-electron chi connectivity index (χ3n) is 8.32. The topological polar surface area (TPSA) is 58.9 Å². The zero-order valence-corrected chi connectivity index (χ0v) is 16.5. The smallest absolute Gasteiger partial charge is 0.302 e. The molecular weight excluding hydrogens is 338 g/mol. The summed E-state index contributed by atoms with van der Waals surface area (Å²) in [6, 6.07) is 0. The summed E-state index contributed by atoms with van der Waals surface area (Å²) in [6.07, 6.45) is 16.6. The van der Waals surface area contributed by atoms with Gasteiger partial charge in [0.15, 0.2) is 0 Å². The van der Waals surface area contributed by atoms with Gasteiger partial charge in [-0.2, -0.15) is 0 Å². The van der Waals surface area contributed by atoms with Crippen molar-refractivity contribution in [1.29, 1.82) is 0 Å². The average Bonchev–Trinajstić information content (AvgIpc) is 3.05. The van der Waals surface area contributed by atoms with E-state index in [1.54, 1.807) is 0 Å². The number of ether oxygens (including phenoxy) is 1. The molecule has 3 fully saturated rings. The molecule has 4 nitrogen and oxygen atoms in total. The van der Waals surface area contributed by atoms with Crippen molar-refractivity contribution in [2.24, 2.45) is 40.2 Å². The molecule has 1 N–H and O–H groups in total. The van der Waals surface area contributed by atoms with E-state index in [1.165, 1.54) is 25.3 Å². The molecule has 0 heterocycles. The number of rotatable bonds is 2. The fourth-order valence-electron chi connectivity index (χ4n) is 7.29. The highest BCUT2D eigenvalue weighted by atomic mass is 16.5. The summed E-state index contributed by atoms with van der Waals surface area (Å²) in [5.74, 6) is 5.53. The molecule has 4 rings (SSSR count). The number of carbonyl (C=O) groups excluding carboxylic acids is 1. The summed E-state index contributed by atoms with van der Waals surface area (Å²) in [4.78, 5) is 11.7. The van der Waals surface area contributed by atoms with Crippen LogP contribution in [0.3, 0.4) is 0 Å². The lowest BCUT2D eigenvalue weighted by molar-refractivity contribution is -0.160. The normalized spacial score (nSPS) is 42.9. The Morgan fingerprint density at radius 1 is 1.30 bits per heavy atom. The first-order chi connectivity index (χ1) is 13.0. The second kappa shape index (κ2) is 7.00. The van der Waals surface area contributed by atoms with Crippen molar-refractivity contribution >= 4 is 11.7 Å². The van der Waals surface area contributed by atoms with Crippen LogP contribution in [0.1, 0.15) is 65.2 Å². The van der Waals surface area contributed by atoms with Crippen molar-refractivity contribution in [2.45, 2.75) is 71.3 Å². The van der Waals surface area contributed by atoms with Gasteiger partial charge in [-0.15, -0.1) is 12.3 Å². The number of esters is 1. The summed E-state index contributed by atoms with van der Waals surface area (Å²) >= 11 is 0. The van der Waals surface area contributed by atoms with E-state index in [9.17, 15) is 4.79 Å². The van der Waals surface area contributed by atoms with Crippen molar-refractivity contribution < 1.29 is 14.7 Å². The number of hydrogen-bond acceptors (Lipinski definition) is 4. The summed E-state index contributed by atoms with van der Waals surface area (Å²) in [5.41, 5.74) is 2.28. The van der Waals surface area contributed by atoms with Gasteiger partial charge in [0, 0.05) is 18.3 Å². The predicted molar refractivity (Wildman–Crippen MR) is 104 cm³/mol. The van der Waals surface area contributed by atoms with E-state index in [0.29, 0.717) is 23.7 Å². The van der Waals surface area contributed by atoms with Crippen LogP contribution in [-0.2, 0) is 9.53 Å². The minimum absolute atomic E-state index is 0.0246. The van der Waals surface area contributed by atoms with Crippen LogP contribution in [0.2, 0.25) is 0 Å². The highest BCUT2D eigenvalue weighted by Crippen LogP contribution is 2.64. The van der Waals surface area contributed by atoms with Crippen LogP contribution in [0.15, 0.2) is 16.8 Å². The van der Waals surface area contributed by atoms with Gasteiger partial charge in [0.1, 0.15) is 6.10 Å². The van der Waals surface area contributed by atoms with E-state index in [1.807, 2.05) is 0 Å². The predicted octanol–water partition coefficient (Wildman–Crippen LogP) is 4.57. The number of nitrogens with zero attached hydrogens (tertiary/aromatic N) is 1. The van der Waals surface area contributed by atoms with Gasteiger partial charge in [0.2, 0.25) is 0 Å². The Labute approximate surface area is 162 Å². The summed E-state index contributed by atoms with van der Waals surface area (Å²) < 4.78 is 5.83. The molecule has 0 spiro atoms. The lowest BCUT2D eigenvalue weighted by Crippen LogP contribution is -2.52. The molecule has 0 saturated heterocycles.